The predicted octanol–water partition coefficient (Wildman–Crippen LogP) is 3.95. The largest absolute Gasteiger partial charge is 0.416 e. The van der Waals surface area contributed by atoms with Crippen LogP contribution in [-0.2, 0) is 12.8 Å². The monoisotopic (exact) mass is 298 g/mol. The van der Waals surface area contributed by atoms with E-state index < -0.39 is 11.7 Å². The average molecular weight is 298 g/mol. The molecule has 0 radical (unpaired) electrons. The van der Waals surface area contributed by atoms with Gasteiger partial charge in [0.1, 0.15) is 5.82 Å². The van der Waals surface area contributed by atoms with Gasteiger partial charge in [0.15, 0.2) is 0 Å². The summed E-state index contributed by atoms with van der Waals surface area (Å²) < 4.78 is 39.7. The SMILES string of the molecule is Cc1c(CO)nc(-c2ccc(C(F)(F)F)cc2)n1C(C)C. The Balaban J connectivity index is 2.51. The molecule has 0 amide bonds. The molecule has 2 rings (SSSR count). The van der Waals surface area contributed by atoms with Gasteiger partial charge in [-0.1, -0.05) is 12.1 Å². The molecule has 114 valence electrons. The number of aliphatic hydroxyl groups is 1. The van der Waals surface area contributed by atoms with Crippen LogP contribution < -0.4 is 0 Å². The maximum atomic E-state index is 12.6. The lowest BCUT2D eigenvalue weighted by atomic mass is 10.1. The molecule has 0 saturated heterocycles. The van der Waals surface area contributed by atoms with E-state index in [9.17, 15) is 18.3 Å². The summed E-state index contributed by atoms with van der Waals surface area (Å²) in [5.41, 5.74) is 1.27. The number of benzene rings is 1. The van der Waals surface area contributed by atoms with Gasteiger partial charge in [0.05, 0.1) is 17.9 Å². The molecule has 1 N–H and O–H groups in total. The highest BCUT2D eigenvalue weighted by molar-refractivity contribution is 5.58. The van der Waals surface area contributed by atoms with Gasteiger partial charge in [0.25, 0.3) is 0 Å². The fraction of sp³-hybridized carbons (Fsp3) is 0.400. The number of hydrogen-bond acceptors (Lipinski definition) is 2. The van der Waals surface area contributed by atoms with Crippen LogP contribution in [0, 0.1) is 6.92 Å². The summed E-state index contributed by atoms with van der Waals surface area (Å²) >= 11 is 0. The normalized spacial score (nSPS) is 12.2. The van der Waals surface area contributed by atoms with Crippen LogP contribution in [0.2, 0.25) is 0 Å². The number of halogens is 3. The van der Waals surface area contributed by atoms with Gasteiger partial charge in [-0.15, -0.1) is 0 Å². The second-order valence-corrected chi connectivity index (χ2v) is 5.16. The van der Waals surface area contributed by atoms with Crippen molar-refractivity contribution >= 4 is 0 Å². The molecule has 0 aliphatic carbocycles. The maximum Gasteiger partial charge on any atom is 0.416 e. The second-order valence-electron chi connectivity index (χ2n) is 5.16. The van der Waals surface area contributed by atoms with Crippen LogP contribution in [0.25, 0.3) is 11.4 Å². The fourth-order valence-electron chi connectivity index (χ4n) is 2.35. The average Bonchev–Trinajstić information content (AvgIpc) is 2.75. The fourth-order valence-corrected chi connectivity index (χ4v) is 2.35. The molecule has 0 spiro atoms. The van der Waals surface area contributed by atoms with Gasteiger partial charge >= 0.3 is 6.18 Å². The molecule has 1 aromatic heterocycles. The van der Waals surface area contributed by atoms with Gasteiger partial charge in [-0.05, 0) is 32.9 Å². The Kier molecular flexibility index (Phi) is 4.09. The van der Waals surface area contributed by atoms with E-state index >= 15 is 0 Å². The molecule has 1 aromatic carbocycles. The van der Waals surface area contributed by atoms with Gasteiger partial charge in [-0.2, -0.15) is 13.2 Å². The van der Waals surface area contributed by atoms with E-state index in [1.165, 1.54) is 12.1 Å². The van der Waals surface area contributed by atoms with Crippen LogP contribution in [0.4, 0.5) is 13.2 Å². The molecule has 0 aliphatic rings. The van der Waals surface area contributed by atoms with Crippen molar-refractivity contribution in [1.29, 1.82) is 0 Å². The van der Waals surface area contributed by atoms with Crippen LogP contribution in [0.5, 0.6) is 0 Å². The summed E-state index contributed by atoms with van der Waals surface area (Å²) in [7, 11) is 0. The van der Waals surface area contributed by atoms with E-state index in [0.29, 0.717) is 17.1 Å². The number of nitrogens with zero attached hydrogens (tertiary/aromatic N) is 2. The first-order valence-electron chi connectivity index (χ1n) is 6.62. The van der Waals surface area contributed by atoms with Crippen LogP contribution in [0.3, 0.4) is 0 Å². The van der Waals surface area contributed by atoms with Crippen LogP contribution >= 0.6 is 0 Å². The number of aliphatic hydroxyl groups excluding tert-OH is 1. The molecule has 1 heterocycles. The Morgan fingerprint density at radius 3 is 2.19 bits per heavy atom. The Hall–Kier alpha value is -1.82. The molecule has 0 bridgehead atoms. The van der Waals surface area contributed by atoms with Crippen molar-refractivity contribution in [1.82, 2.24) is 9.55 Å². The number of imidazole rings is 1. The Morgan fingerprint density at radius 1 is 1.19 bits per heavy atom. The van der Waals surface area contributed by atoms with Gasteiger partial charge in [-0.25, -0.2) is 4.98 Å². The van der Waals surface area contributed by atoms with Crippen molar-refractivity contribution in [3.8, 4) is 11.4 Å². The lowest BCUT2D eigenvalue weighted by Gasteiger charge is -2.14. The third-order valence-electron chi connectivity index (χ3n) is 3.38. The van der Waals surface area contributed by atoms with Gasteiger partial charge in [0.2, 0.25) is 0 Å². The lowest BCUT2D eigenvalue weighted by Crippen LogP contribution is -2.07. The molecule has 0 atom stereocenters. The maximum absolute atomic E-state index is 12.6. The van der Waals surface area contributed by atoms with Crippen molar-refractivity contribution in [2.75, 3.05) is 0 Å². The molecule has 0 fully saturated rings. The number of rotatable bonds is 3. The minimum absolute atomic E-state index is 0.0927. The summed E-state index contributed by atoms with van der Waals surface area (Å²) in [6.45, 7) is 5.57. The summed E-state index contributed by atoms with van der Waals surface area (Å²) in [5, 5.41) is 9.31. The van der Waals surface area contributed by atoms with Crippen LogP contribution in [0.1, 0.15) is 36.8 Å². The molecule has 6 heteroatoms. The third-order valence-corrected chi connectivity index (χ3v) is 3.38. The predicted molar refractivity (Wildman–Crippen MR) is 73.7 cm³/mol. The zero-order valence-corrected chi connectivity index (χ0v) is 12.1. The molecular weight excluding hydrogens is 281 g/mol. The molecule has 21 heavy (non-hydrogen) atoms. The number of alkyl halides is 3. The first kappa shape index (κ1) is 15.6. The standard InChI is InChI=1S/C15H17F3N2O/c1-9(2)20-10(3)13(8-21)19-14(20)11-4-6-12(7-5-11)15(16,17)18/h4-7,9,21H,8H2,1-3H3. The van der Waals surface area contributed by atoms with E-state index in [4.69, 9.17) is 0 Å². The molecule has 0 saturated carbocycles. The number of hydrogen-bond donors (Lipinski definition) is 1. The zero-order chi connectivity index (χ0) is 15.8. The van der Waals surface area contributed by atoms with Crippen LogP contribution in [-0.4, -0.2) is 14.7 Å². The van der Waals surface area contributed by atoms with Crippen molar-refractivity contribution in [3.05, 3.63) is 41.2 Å². The topological polar surface area (TPSA) is 38.1 Å². The van der Waals surface area contributed by atoms with E-state index in [1.807, 2.05) is 25.3 Å². The summed E-state index contributed by atoms with van der Waals surface area (Å²) in [6, 6.07) is 5.00. The van der Waals surface area contributed by atoms with E-state index in [1.54, 1.807) is 0 Å². The van der Waals surface area contributed by atoms with Crippen molar-refractivity contribution in [3.63, 3.8) is 0 Å². The smallest absolute Gasteiger partial charge is 0.390 e. The van der Waals surface area contributed by atoms with Gasteiger partial charge < -0.3 is 9.67 Å². The minimum atomic E-state index is -4.35. The Morgan fingerprint density at radius 2 is 1.76 bits per heavy atom. The highest BCUT2D eigenvalue weighted by Gasteiger charge is 2.30. The van der Waals surface area contributed by atoms with Gasteiger partial charge in [-0.3, -0.25) is 0 Å². The Labute approximate surface area is 121 Å². The molecule has 3 nitrogen and oxygen atoms in total. The molecule has 0 aliphatic heterocycles. The highest BCUT2D eigenvalue weighted by atomic mass is 19.4. The van der Waals surface area contributed by atoms with Crippen LogP contribution in [0.15, 0.2) is 24.3 Å². The van der Waals surface area contributed by atoms with E-state index in [-0.39, 0.29) is 12.6 Å². The first-order chi connectivity index (χ1) is 9.75. The van der Waals surface area contributed by atoms with Crippen molar-refractivity contribution in [2.24, 2.45) is 0 Å². The summed E-state index contributed by atoms with van der Waals surface area (Å²) in [6.07, 6.45) is -4.35. The third kappa shape index (κ3) is 2.95. The molecule has 0 unspecified atom stereocenters. The summed E-state index contributed by atoms with van der Waals surface area (Å²) in [4.78, 5) is 4.34. The van der Waals surface area contributed by atoms with Crippen molar-refractivity contribution in [2.45, 2.75) is 39.6 Å². The van der Waals surface area contributed by atoms with E-state index in [0.717, 1.165) is 17.8 Å². The van der Waals surface area contributed by atoms with Crippen molar-refractivity contribution < 1.29 is 18.3 Å². The molecule has 2 aromatic rings. The zero-order valence-electron chi connectivity index (χ0n) is 12.1. The lowest BCUT2D eigenvalue weighted by molar-refractivity contribution is -0.137. The highest BCUT2D eigenvalue weighted by Crippen LogP contribution is 2.32. The van der Waals surface area contributed by atoms with E-state index in [2.05, 4.69) is 4.98 Å². The minimum Gasteiger partial charge on any atom is -0.390 e. The summed E-state index contributed by atoms with van der Waals surface area (Å²) in [5.74, 6) is 0.570. The first-order valence-corrected chi connectivity index (χ1v) is 6.62. The number of aromatic nitrogens is 2. The quantitative estimate of drug-likeness (QED) is 0.931. The molecular formula is C15H17F3N2O. The second kappa shape index (κ2) is 5.52. The van der Waals surface area contributed by atoms with Gasteiger partial charge in [0, 0.05) is 17.3 Å². The Bertz CT molecular complexity index is 628.